The highest BCUT2D eigenvalue weighted by molar-refractivity contribution is 5.95. The third kappa shape index (κ3) is 16.8. The molecular weight excluding hydrogens is 887 g/mol. The van der Waals surface area contributed by atoms with Crippen LogP contribution in [0.4, 0.5) is 8.78 Å². The van der Waals surface area contributed by atoms with E-state index in [1.165, 1.54) is 151 Å². The van der Waals surface area contributed by atoms with Gasteiger partial charge in [-0.3, -0.25) is 0 Å². The highest BCUT2D eigenvalue weighted by atomic mass is 19.1. The van der Waals surface area contributed by atoms with Crippen molar-refractivity contribution in [2.45, 2.75) is 142 Å². The van der Waals surface area contributed by atoms with Gasteiger partial charge in [0.2, 0.25) is 0 Å². The average molecular weight is 953 g/mol. The molecule has 0 amide bonds. The van der Waals surface area contributed by atoms with Crippen molar-refractivity contribution in [1.29, 1.82) is 0 Å². The van der Waals surface area contributed by atoms with Crippen LogP contribution in [0.15, 0.2) is 121 Å². The van der Waals surface area contributed by atoms with E-state index < -0.39 is 35.5 Å². The summed E-state index contributed by atoms with van der Waals surface area (Å²) >= 11 is 0. The van der Waals surface area contributed by atoms with Crippen LogP contribution in [0.25, 0.3) is 10.8 Å². The first kappa shape index (κ1) is 52.7. The molecule has 70 heavy (non-hydrogen) atoms. The molecule has 0 bridgehead atoms. The first-order valence-electron chi connectivity index (χ1n) is 25.3. The number of esters is 4. The molecule has 0 saturated heterocycles. The lowest BCUT2D eigenvalue weighted by Gasteiger charge is -2.10. The van der Waals surface area contributed by atoms with Crippen LogP contribution in [0.5, 0.6) is 23.0 Å². The topological polar surface area (TPSA) is 105 Å². The maximum atomic E-state index is 15.2. The molecule has 0 spiro atoms. The molecule has 0 aliphatic rings. The normalized spacial score (nSPS) is 11.1. The second-order valence-corrected chi connectivity index (χ2v) is 18.1. The minimum atomic E-state index is -0.984. The highest BCUT2D eigenvalue weighted by Gasteiger charge is 2.20. The van der Waals surface area contributed by atoms with Gasteiger partial charge < -0.3 is 18.9 Å². The SMILES string of the molecule is CCCCCCCCCCCc1ccc(C(=O)Oc2ccc(C(=O)Oc3ccc4ccc(OC(=O)c5ccc(OC(=O)c6ccc(CCCCCCCCCCC)cc6)cc5F)cc4c3)c(F)c2)cc1. The van der Waals surface area contributed by atoms with Gasteiger partial charge in [-0.2, -0.15) is 0 Å². The summed E-state index contributed by atoms with van der Waals surface area (Å²) in [5.41, 5.74) is 2.17. The van der Waals surface area contributed by atoms with Gasteiger partial charge in [0.1, 0.15) is 34.6 Å². The molecule has 6 aromatic carbocycles. The lowest BCUT2D eigenvalue weighted by Crippen LogP contribution is -2.12. The van der Waals surface area contributed by atoms with Crippen molar-refractivity contribution < 1.29 is 46.9 Å². The number of carbonyl (C=O) groups excluding carboxylic acids is 4. The molecule has 6 aromatic rings. The molecule has 0 atom stereocenters. The minimum absolute atomic E-state index is 0.0689. The molecule has 0 aliphatic heterocycles. The number of hydrogen-bond acceptors (Lipinski definition) is 8. The summed E-state index contributed by atoms with van der Waals surface area (Å²) in [5, 5.41) is 1.21. The Morgan fingerprint density at radius 2 is 0.657 bits per heavy atom. The van der Waals surface area contributed by atoms with E-state index >= 15 is 8.78 Å². The number of ether oxygens (including phenoxy) is 4. The summed E-state index contributed by atoms with van der Waals surface area (Å²) in [6.07, 6.45) is 24.5. The van der Waals surface area contributed by atoms with Crippen molar-refractivity contribution in [2.75, 3.05) is 0 Å². The number of unbranched alkanes of at least 4 members (excludes halogenated alkanes) is 16. The van der Waals surface area contributed by atoms with Crippen molar-refractivity contribution in [2.24, 2.45) is 0 Å². The second-order valence-electron chi connectivity index (χ2n) is 18.1. The Balaban J connectivity index is 0.949. The summed E-state index contributed by atoms with van der Waals surface area (Å²) in [4.78, 5) is 51.9. The Labute approximate surface area is 411 Å². The van der Waals surface area contributed by atoms with Gasteiger partial charge >= 0.3 is 23.9 Å². The van der Waals surface area contributed by atoms with Gasteiger partial charge in [0, 0.05) is 12.1 Å². The third-order valence-electron chi connectivity index (χ3n) is 12.5. The highest BCUT2D eigenvalue weighted by Crippen LogP contribution is 2.28. The number of fused-ring (bicyclic) bond motifs is 1. The van der Waals surface area contributed by atoms with Crippen LogP contribution in [0.3, 0.4) is 0 Å². The van der Waals surface area contributed by atoms with Crippen molar-refractivity contribution in [1.82, 2.24) is 0 Å². The zero-order valence-corrected chi connectivity index (χ0v) is 40.7. The molecule has 6 rings (SSSR count). The summed E-state index contributed by atoms with van der Waals surface area (Å²) in [7, 11) is 0. The number of hydrogen-bond donors (Lipinski definition) is 0. The van der Waals surface area contributed by atoms with E-state index in [2.05, 4.69) is 13.8 Å². The van der Waals surface area contributed by atoms with E-state index in [0.717, 1.165) is 48.9 Å². The van der Waals surface area contributed by atoms with Gasteiger partial charge in [-0.1, -0.05) is 153 Å². The first-order valence-corrected chi connectivity index (χ1v) is 25.3. The Kier molecular flexibility index (Phi) is 21.1. The maximum Gasteiger partial charge on any atom is 0.346 e. The number of rotatable bonds is 28. The van der Waals surface area contributed by atoms with Crippen LogP contribution in [0.1, 0.15) is 182 Å². The lowest BCUT2D eigenvalue weighted by atomic mass is 10.0. The lowest BCUT2D eigenvalue weighted by molar-refractivity contribution is 0.0715. The van der Waals surface area contributed by atoms with E-state index in [9.17, 15) is 19.2 Å². The first-order chi connectivity index (χ1) is 34.1. The largest absolute Gasteiger partial charge is 0.423 e. The molecule has 0 aliphatic carbocycles. The molecule has 8 nitrogen and oxygen atoms in total. The summed E-state index contributed by atoms with van der Waals surface area (Å²) in [5.74, 6) is -5.12. The van der Waals surface area contributed by atoms with E-state index in [1.807, 2.05) is 24.3 Å². The number of carbonyl (C=O) groups is 4. The van der Waals surface area contributed by atoms with E-state index in [1.54, 1.807) is 36.4 Å². The zero-order valence-electron chi connectivity index (χ0n) is 40.7. The summed E-state index contributed by atoms with van der Waals surface area (Å²) < 4.78 is 52.2. The molecule has 0 N–H and O–H groups in total. The van der Waals surface area contributed by atoms with Crippen molar-refractivity contribution in [3.63, 3.8) is 0 Å². The molecule has 10 heteroatoms. The summed E-state index contributed by atoms with van der Waals surface area (Å²) in [6, 6.07) is 30.7. The van der Waals surface area contributed by atoms with Gasteiger partial charge in [0.25, 0.3) is 0 Å². The minimum Gasteiger partial charge on any atom is -0.423 e. The predicted molar refractivity (Wildman–Crippen MR) is 271 cm³/mol. The third-order valence-corrected chi connectivity index (χ3v) is 12.5. The molecular formula is C60H66F2O8. The van der Waals surface area contributed by atoms with Crippen LogP contribution in [-0.2, 0) is 12.8 Å². The van der Waals surface area contributed by atoms with E-state index in [-0.39, 0.29) is 34.1 Å². The quantitative estimate of drug-likeness (QED) is 0.0272. The van der Waals surface area contributed by atoms with Gasteiger partial charge in [-0.25, -0.2) is 28.0 Å². The fourth-order valence-corrected chi connectivity index (χ4v) is 8.33. The molecule has 0 saturated carbocycles. The second kappa shape index (κ2) is 28.1. The van der Waals surface area contributed by atoms with Gasteiger partial charge in [0.05, 0.1) is 22.3 Å². The molecule has 368 valence electrons. The number of halogens is 2. The van der Waals surface area contributed by atoms with Gasteiger partial charge in [-0.05, 0) is 120 Å². The van der Waals surface area contributed by atoms with Crippen LogP contribution < -0.4 is 18.9 Å². The van der Waals surface area contributed by atoms with Crippen LogP contribution in [0.2, 0.25) is 0 Å². The molecule has 0 unspecified atom stereocenters. The monoisotopic (exact) mass is 952 g/mol. The van der Waals surface area contributed by atoms with Crippen LogP contribution in [-0.4, -0.2) is 23.9 Å². The van der Waals surface area contributed by atoms with E-state index in [0.29, 0.717) is 21.9 Å². The van der Waals surface area contributed by atoms with Gasteiger partial charge in [-0.15, -0.1) is 0 Å². The fourth-order valence-electron chi connectivity index (χ4n) is 8.33. The Hall–Kier alpha value is -6.68. The summed E-state index contributed by atoms with van der Waals surface area (Å²) in [6.45, 7) is 4.46. The average Bonchev–Trinajstić information content (AvgIpc) is 3.35. The maximum absolute atomic E-state index is 15.2. The number of aryl methyl sites for hydroxylation is 2. The van der Waals surface area contributed by atoms with Gasteiger partial charge in [0.15, 0.2) is 0 Å². The number of benzene rings is 6. The van der Waals surface area contributed by atoms with Crippen LogP contribution in [0, 0.1) is 11.6 Å². The smallest absolute Gasteiger partial charge is 0.346 e. The van der Waals surface area contributed by atoms with E-state index in [4.69, 9.17) is 18.9 Å². The molecule has 0 aromatic heterocycles. The molecule has 0 fully saturated rings. The zero-order chi connectivity index (χ0) is 49.5. The Bertz CT molecular complexity index is 2460. The standard InChI is InChI=1S/C60H66F2O8/c1-3-5-7-9-11-13-15-17-19-21-43-23-27-46(28-24-43)57(63)67-51-35-37-53(55(61)41-51)59(65)69-49-33-31-45-32-34-50(40-48(45)39-49)70-60(66)54-38-36-52(42-56(54)62)68-58(64)47-29-25-44(26-30-47)22-20-18-16-14-12-10-8-6-4-2/h23-42H,3-22H2,1-2H3. The molecule has 0 heterocycles. The Morgan fingerprint density at radius 3 is 1.01 bits per heavy atom. The van der Waals surface area contributed by atoms with Crippen molar-refractivity contribution >= 4 is 34.6 Å². The fraction of sp³-hybridized carbons (Fsp3) is 0.367. The van der Waals surface area contributed by atoms with Crippen molar-refractivity contribution in [3.8, 4) is 23.0 Å². The van der Waals surface area contributed by atoms with Crippen molar-refractivity contribution in [3.05, 3.63) is 166 Å². The predicted octanol–water partition coefficient (Wildman–Crippen LogP) is 16.1. The molecule has 0 radical (unpaired) electrons. The Morgan fingerprint density at radius 1 is 0.343 bits per heavy atom. The van der Waals surface area contributed by atoms with Crippen LogP contribution >= 0.6 is 0 Å².